The smallest absolute Gasteiger partial charge is 0.0777 e. The largest absolute Gasteiger partial charge is 0.379 e. The molecule has 0 aliphatic carbocycles. The van der Waals surface area contributed by atoms with Gasteiger partial charge in [0.2, 0.25) is 0 Å². The monoisotopic (exact) mass is 251 g/mol. The van der Waals surface area contributed by atoms with E-state index in [4.69, 9.17) is 0 Å². The van der Waals surface area contributed by atoms with Crippen molar-refractivity contribution < 1.29 is 0 Å². The fourth-order valence-corrected chi connectivity index (χ4v) is 1.79. The van der Waals surface area contributed by atoms with Gasteiger partial charge in [0, 0.05) is 30.5 Å². The molecule has 0 spiro atoms. The molecule has 0 amide bonds. The lowest BCUT2D eigenvalue weighted by molar-refractivity contribution is 0.880. The average Bonchev–Trinajstić information content (AvgIpc) is 3.01. The maximum Gasteiger partial charge on any atom is 0.0777 e. The molecule has 94 valence electrons. The van der Waals surface area contributed by atoms with Crippen LogP contribution in [-0.2, 0) is 6.54 Å². The maximum absolute atomic E-state index is 4.22. The van der Waals surface area contributed by atoms with Gasteiger partial charge in [-0.3, -0.25) is 9.97 Å². The lowest BCUT2D eigenvalue weighted by Crippen LogP contribution is -2.02. The summed E-state index contributed by atoms with van der Waals surface area (Å²) in [5.41, 5.74) is 2.96. The van der Waals surface area contributed by atoms with Crippen LogP contribution in [0.2, 0.25) is 0 Å². The van der Waals surface area contributed by atoms with E-state index in [0.29, 0.717) is 6.54 Å². The predicted octanol–water partition coefficient (Wildman–Crippen LogP) is 2.27. The SMILES string of the molecule is c1cc(NCc2cnccn2)cc(-n2cccn2)c1. The Labute approximate surface area is 111 Å². The molecule has 1 N–H and O–H groups in total. The van der Waals surface area contributed by atoms with E-state index in [1.165, 1.54) is 0 Å². The Morgan fingerprint density at radius 1 is 1.11 bits per heavy atom. The molecule has 2 heterocycles. The van der Waals surface area contributed by atoms with Crippen molar-refractivity contribution in [3.63, 3.8) is 0 Å². The molecule has 3 rings (SSSR count). The highest BCUT2D eigenvalue weighted by atomic mass is 15.3. The van der Waals surface area contributed by atoms with Gasteiger partial charge >= 0.3 is 0 Å². The molecule has 0 atom stereocenters. The number of rotatable bonds is 4. The fraction of sp³-hybridized carbons (Fsp3) is 0.0714. The highest BCUT2D eigenvalue weighted by Gasteiger charge is 1.99. The van der Waals surface area contributed by atoms with Crippen LogP contribution >= 0.6 is 0 Å². The first-order valence-electron chi connectivity index (χ1n) is 6.01. The summed E-state index contributed by atoms with van der Waals surface area (Å²) in [7, 11) is 0. The van der Waals surface area contributed by atoms with E-state index in [-0.39, 0.29) is 0 Å². The summed E-state index contributed by atoms with van der Waals surface area (Å²) in [5.74, 6) is 0. The summed E-state index contributed by atoms with van der Waals surface area (Å²) in [5, 5.41) is 7.53. The minimum Gasteiger partial charge on any atom is -0.379 e. The minimum atomic E-state index is 0.649. The number of nitrogens with one attached hydrogen (secondary N) is 1. The lowest BCUT2D eigenvalue weighted by Gasteiger charge is -2.08. The summed E-state index contributed by atoms with van der Waals surface area (Å²) in [6.07, 6.45) is 8.80. The zero-order chi connectivity index (χ0) is 12.9. The lowest BCUT2D eigenvalue weighted by atomic mass is 10.2. The number of aromatic nitrogens is 4. The molecule has 0 saturated carbocycles. The van der Waals surface area contributed by atoms with Gasteiger partial charge in [0.25, 0.3) is 0 Å². The number of hydrogen-bond acceptors (Lipinski definition) is 4. The zero-order valence-electron chi connectivity index (χ0n) is 10.3. The normalized spacial score (nSPS) is 10.3. The Bertz CT molecular complexity index is 634. The van der Waals surface area contributed by atoms with E-state index in [1.807, 2.05) is 41.2 Å². The van der Waals surface area contributed by atoms with Crippen molar-refractivity contribution in [1.82, 2.24) is 19.7 Å². The molecule has 1 aromatic carbocycles. The van der Waals surface area contributed by atoms with Crippen LogP contribution in [0.4, 0.5) is 5.69 Å². The second-order valence-electron chi connectivity index (χ2n) is 4.05. The van der Waals surface area contributed by atoms with Gasteiger partial charge in [0.05, 0.1) is 24.1 Å². The van der Waals surface area contributed by atoms with Crippen molar-refractivity contribution in [2.45, 2.75) is 6.54 Å². The third-order valence-electron chi connectivity index (χ3n) is 2.71. The molecule has 0 unspecified atom stereocenters. The molecule has 0 saturated heterocycles. The second kappa shape index (κ2) is 5.30. The third-order valence-corrected chi connectivity index (χ3v) is 2.71. The Morgan fingerprint density at radius 3 is 2.89 bits per heavy atom. The molecule has 19 heavy (non-hydrogen) atoms. The van der Waals surface area contributed by atoms with Crippen LogP contribution in [0.5, 0.6) is 0 Å². The summed E-state index contributed by atoms with van der Waals surface area (Å²) in [6.45, 7) is 0.649. The first-order chi connectivity index (χ1) is 9.42. The highest BCUT2D eigenvalue weighted by Crippen LogP contribution is 2.14. The van der Waals surface area contributed by atoms with Gasteiger partial charge in [-0.2, -0.15) is 5.10 Å². The van der Waals surface area contributed by atoms with E-state index >= 15 is 0 Å². The van der Waals surface area contributed by atoms with Gasteiger partial charge in [0.15, 0.2) is 0 Å². The average molecular weight is 251 g/mol. The van der Waals surface area contributed by atoms with Crippen molar-refractivity contribution in [3.05, 3.63) is 67.0 Å². The zero-order valence-corrected chi connectivity index (χ0v) is 10.3. The van der Waals surface area contributed by atoms with Crippen LogP contribution in [0, 0.1) is 0 Å². The summed E-state index contributed by atoms with van der Waals surface area (Å²) in [6, 6.07) is 9.98. The van der Waals surface area contributed by atoms with Crippen molar-refractivity contribution in [1.29, 1.82) is 0 Å². The van der Waals surface area contributed by atoms with Gasteiger partial charge in [-0.1, -0.05) is 6.07 Å². The first-order valence-corrected chi connectivity index (χ1v) is 6.01. The molecule has 0 fully saturated rings. The Morgan fingerprint density at radius 2 is 2.11 bits per heavy atom. The van der Waals surface area contributed by atoms with Crippen molar-refractivity contribution in [3.8, 4) is 5.69 Å². The Balaban J connectivity index is 1.74. The topological polar surface area (TPSA) is 55.6 Å². The molecular weight excluding hydrogens is 238 g/mol. The van der Waals surface area contributed by atoms with Gasteiger partial charge in [-0.25, -0.2) is 4.68 Å². The number of hydrogen-bond donors (Lipinski definition) is 1. The quantitative estimate of drug-likeness (QED) is 0.773. The molecular formula is C14H13N5. The highest BCUT2D eigenvalue weighted by molar-refractivity contribution is 5.50. The number of benzene rings is 1. The summed E-state index contributed by atoms with van der Waals surface area (Å²) in [4.78, 5) is 8.26. The van der Waals surface area contributed by atoms with E-state index in [2.05, 4.69) is 20.4 Å². The van der Waals surface area contributed by atoms with Crippen LogP contribution in [0.3, 0.4) is 0 Å². The summed E-state index contributed by atoms with van der Waals surface area (Å²) < 4.78 is 1.83. The van der Waals surface area contributed by atoms with E-state index < -0.39 is 0 Å². The fourth-order valence-electron chi connectivity index (χ4n) is 1.79. The Hall–Kier alpha value is -2.69. The van der Waals surface area contributed by atoms with E-state index in [9.17, 15) is 0 Å². The van der Waals surface area contributed by atoms with E-state index in [0.717, 1.165) is 17.1 Å². The molecule has 0 aliphatic heterocycles. The number of nitrogens with zero attached hydrogens (tertiary/aromatic N) is 4. The van der Waals surface area contributed by atoms with Crippen LogP contribution in [0.1, 0.15) is 5.69 Å². The van der Waals surface area contributed by atoms with E-state index in [1.54, 1.807) is 24.8 Å². The second-order valence-corrected chi connectivity index (χ2v) is 4.05. The van der Waals surface area contributed by atoms with Gasteiger partial charge < -0.3 is 5.32 Å². The van der Waals surface area contributed by atoms with Crippen molar-refractivity contribution in [2.24, 2.45) is 0 Å². The van der Waals surface area contributed by atoms with Crippen LogP contribution in [0.15, 0.2) is 61.3 Å². The standard InChI is InChI=1S/C14H13N5/c1-3-12(17-11-13-10-15-6-7-16-13)9-14(4-1)19-8-2-5-18-19/h1-10,17H,11H2. The first kappa shape index (κ1) is 11.4. The molecule has 2 aromatic heterocycles. The van der Waals surface area contributed by atoms with Gasteiger partial charge in [0.1, 0.15) is 0 Å². The van der Waals surface area contributed by atoms with Crippen LogP contribution < -0.4 is 5.32 Å². The number of anilines is 1. The molecule has 0 bridgehead atoms. The molecule has 5 nitrogen and oxygen atoms in total. The molecule has 0 radical (unpaired) electrons. The maximum atomic E-state index is 4.22. The van der Waals surface area contributed by atoms with Crippen molar-refractivity contribution >= 4 is 5.69 Å². The van der Waals surface area contributed by atoms with Crippen LogP contribution in [0.25, 0.3) is 5.69 Å². The predicted molar refractivity (Wildman–Crippen MR) is 72.9 cm³/mol. The van der Waals surface area contributed by atoms with Gasteiger partial charge in [-0.05, 0) is 24.3 Å². The molecule has 5 heteroatoms. The third kappa shape index (κ3) is 2.77. The Kier molecular flexibility index (Phi) is 3.18. The summed E-state index contributed by atoms with van der Waals surface area (Å²) >= 11 is 0. The molecule has 0 aliphatic rings. The molecule has 3 aromatic rings. The minimum absolute atomic E-state index is 0.649. The van der Waals surface area contributed by atoms with Crippen molar-refractivity contribution in [2.75, 3.05) is 5.32 Å². The van der Waals surface area contributed by atoms with Gasteiger partial charge in [-0.15, -0.1) is 0 Å². The van der Waals surface area contributed by atoms with Crippen LogP contribution in [-0.4, -0.2) is 19.7 Å².